The van der Waals surface area contributed by atoms with E-state index in [1.807, 2.05) is 20.8 Å². The van der Waals surface area contributed by atoms with Gasteiger partial charge in [-0.05, 0) is 0 Å². The maximum absolute atomic E-state index is 5.87. The van der Waals surface area contributed by atoms with Crippen LogP contribution in [0.4, 0.5) is 0 Å². The Balaban J connectivity index is 2.85. The molecule has 0 saturated heterocycles. The van der Waals surface area contributed by atoms with Gasteiger partial charge in [-0.15, -0.1) is 10.2 Å². The second kappa shape index (κ2) is 4.45. The minimum absolute atomic E-state index is 0.113. The molecule has 0 fully saturated rings. The first-order valence-electron chi connectivity index (χ1n) is 4.49. The first kappa shape index (κ1) is 12.4. The second-order valence-electron chi connectivity index (χ2n) is 4.23. The van der Waals surface area contributed by atoms with Gasteiger partial charge < -0.3 is 5.84 Å². The van der Waals surface area contributed by atoms with E-state index in [2.05, 4.69) is 16.8 Å². The van der Waals surface area contributed by atoms with Crippen LogP contribution < -0.4 is 5.84 Å². The van der Waals surface area contributed by atoms with Gasteiger partial charge in [0.15, 0.2) is 5.82 Å². The van der Waals surface area contributed by atoms with Crippen molar-refractivity contribution in [3.05, 3.63) is 17.4 Å². The van der Waals surface area contributed by atoms with Crippen molar-refractivity contribution in [3.8, 4) is 0 Å². The summed E-state index contributed by atoms with van der Waals surface area (Å²) >= 11 is 7.09. The number of thioether (sulfide) groups is 1. The van der Waals surface area contributed by atoms with Crippen LogP contribution in [0.1, 0.15) is 26.6 Å². The van der Waals surface area contributed by atoms with Gasteiger partial charge in [0.2, 0.25) is 5.16 Å². The first-order valence-corrected chi connectivity index (χ1v) is 5.86. The van der Waals surface area contributed by atoms with Crippen molar-refractivity contribution in [2.24, 2.45) is 0 Å². The van der Waals surface area contributed by atoms with E-state index in [4.69, 9.17) is 17.4 Å². The van der Waals surface area contributed by atoms with Gasteiger partial charge in [-0.3, -0.25) is 0 Å². The third-order valence-electron chi connectivity index (χ3n) is 1.69. The summed E-state index contributed by atoms with van der Waals surface area (Å²) in [5, 5.41) is 9.29. The van der Waals surface area contributed by atoms with Crippen LogP contribution in [-0.2, 0) is 5.41 Å². The van der Waals surface area contributed by atoms with E-state index < -0.39 is 0 Å². The summed E-state index contributed by atoms with van der Waals surface area (Å²) in [6.45, 7) is 9.71. The van der Waals surface area contributed by atoms with Crippen molar-refractivity contribution in [1.82, 2.24) is 14.9 Å². The minimum atomic E-state index is -0.113. The van der Waals surface area contributed by atoms with Crippen molar-refractivity contribution < 1.29 is 0 Å². The summed E-state index contributed by atoms with van der Waals surface area (Å²) < 4.78 is 1.50. The summed E-state index contributed by atoms with van der Waals surface area (Å²) in [5.74, 6) is 7.21. The molecule has 0 aromatic carbocycles. The highest BCUT2D eigenvalue weighted by molar-refractivity contribution is 7.99. The molecule has 15 heavy (non-hydrogen) atoms. The summed E-state index contributed by atoms with van der Waals surface area (Å²) in [4.78, 5) is 0. The first-order chi connectivity index (χ1) is 6.82. The van der Waals surface area contributed by atoms with Gasteiger partial charge in [0.05, 0.1) is 0 Å². The molecule has 0 saturated carbocycles. The quantitative estimate of drug-likeness (QED) is 0.656. The van der Waals surface area contributed by atoms with E-state index in [1.165, 1.54) is 16.4 Å². The van der Waals surface area contributed by atoms with E-state index in [9.17, 15) is 0 Å². The molecule has 0 unspecified atom stereocenters. The molecule has 1 heterocycles. The lowest BCUT2D eigenvalue weighted by atomic mass is 9.96. The molecule has 0 bridgehead atoms. The van der Waals surface area contributed by atoms with Gasteiger partial charge >= 0.3 is 0 Å². The fraction of sp³-hybridized carbons (Fsp3) is 0.556. The Kier molecular flexibility index (Phi) is 3.67. The Morgan fingerprint density at radius 2 is 2.13 bits per heavy atom. The predicted molar refractivity (Wildman–Crippen MR) is 64.6 cm³/mol. The molecule has 2 N–H and O–H groups in total. The maximum Gasteiger partial charge on any atom is 0.210 e. The summed E-state index contributed by atoms with van der Waals surface area (Å²) in [7, 11) is 0. The van der Waals surface area contributed by atoms with Crippen molar-refractivity contribution in [3.63, 3.8) is 0 Å². The molecule has 0 aliphatic heterocycles. The Bertz CT molecular complexity index is 367. The van der Waals surface area contributed by atoms with Crippen LogP contribution in [0.2, 0.25) is 0 Å². The average Bonchev–Trinajstić information content (AvgIpc) is 2.42. The molecule has 1 aromatic rings. The van der Waals surface area contributed by atoms with Gasteiger partial charge in [0.1, 0.15) is 0 Å². The largest absolute Gasteiger partial charge is 0.336 e. The SMILES string of the molecule is C=C(Cl)CSc1nnc(C(C)(C)C)n1N. The van der Waals surface area contributed by atoms with Crippen LogP contribution in [0.25, 0.3) is 0 Å². The Labute approximate surface area is 98.9 Å². The number of nitrogen functional groups attached to an aromatic ring is 1. The molecule has 0 spiro atoms. The summed E-state index contributed by atoms with van der Waals surface area (Å²) in [6, 6.07) is 0. The highest BCUT2D eigenvalue weighted by atomic mass is 35.5. The number of halogens is 1. The molecule has 0 amide bonds. The topological polar surface area (TPSA) is 56.7 Å². The van der Waals surface area contributed by atoms with Crippen LogP contribution in [0.5, 0.6) is 0 Å². The van der Waals surface area contributed by atoms with Crippen LogP contribution >= 0.6 is 23.4 Å². The van der Waals surface area contributed by atoms with Gasteiger partial charge in [-0.2, -0.15) is 0 Å². The van der Waals surface area contributed by atoms with Crippen molar-refractivity contribution in [2.45, 2.75) is 31.3 Å². The fourth-order valence-corrected chi connectivity index (χ4v) is 1.80. The predicted octanol–water partition coefficient (Wildman–Crippen LogP) is 2.13. The molecule has 84 valence electrons. The smallest absolute Gasteiger partial charge is 0.210 e. The number of hydrogen-bond donors (Lipinski definition) is 1. The van der Waals surface area contributed by atoms with E-state index in [0.717, 1.165) is 5.82 Å². The Hall–Kier alpha value is -0.680. The number of nitrogens with zero attached hydrogens (tertiary/aromatic N) is 3. The molecule has 1 aromatic heterocycles. The lowest BCUT2D eigenvalue weighted by Crippen LogP contribution is -2.24. The number of rotatable bonds is 3. The third-order valence-corrected chi connectivity index (χ3v) is 3.01. The van der Waals surface area contributed by atoms with Gasteiger partial charge in [-0.25, -0.2) is 4.68 Å². The van der Waals surface area contributed by atoms with Crippen LogP contribution in [-0.4, -0.2) is 20.6 Å². The molecule has 0 aliphatic rings. The van der Waals surface area contributed by atoms with E-state index in [1.54, 1.807) is 0 Å². The van der Waals surface area contributed by atoms with Gasteiger partial charge in [-0.1, -0.05) is 50.7 Å². The fourth-order valence-electron chi connectivity index (χ4n) is 1.03. The van der Waals surface area contributed by atoms with Gasteiger partial charge in [0, 0.05) is 16.2 Å². The van der Waals surface area contributed by atoms with Crippen molar-refractivity contribution in [1.29, 1.82) is 0 Å². The zero-order chi connectivity index (χ0) is 11.6. The molecule has 0 atom stereocenters. The third kappa shape index (κ3) is 3.14. The minimum Gasteiger partial charge on any atom is -0.336 e. The monoisotopic (exact) mass is 246 g/mol. The molecule has 0 aliphatic carbocycles. The molecule has 4 nitrogen and oxygen atoms in total. The zero-order valence-corrected chi connectivity index (χ0v) is 10.7. The normalized spacial score (nSPS) is 11.7. The van der Waals surface area contributed by atoms with Crippen molar-refractivity contribution >= 4 is 23.4 Å². The van der Waals surface area contributed by atoms with Gasteiger partial charge in [0.25, 0.3) is 0 Å². The van der Waals surface area contributed by atoms with Crippen molar-refractivity contribution in [2.75, 3.05) is 11.6 Å². The molecule has 1 rings (SSSR count). The average molecular weight is 247 g/mol. The summed E-state index contributed by atoms with van der Waals surface area (Å²) in [5.41, 5.74) is -0.113. The Morgan fingerprint density at radius 3 is 2.53 bits per heavy atom. The molecule has 6 heteroatoms. The van der Waals surface area contributed by atoms with Crippen LogP contribution in [0, 0.1) is 0 Å². The number of aromatic nitrogens is 3. The molecule has 0 radical (unpaired) electrons. The van der Waals surface area contributed by atoms with E-state index in [-0.39, 0.29) is 5.41 Å². The Morgan fingerprint density at radius 1 is 1.53 bits per heavy atom. The highest BCUT2D eigenvalue weighted by Crippen LogP contribution is 2.24. The van der Waals surface area contributed by atoms with E-state index >= 15 is 0 Å². The standard InChI is InChI=1S/C9H15ClN4S/c1-6(10)5-15-8-13-12-7(14(8)11)9(2,3)4/h1,5,11H2,2-4H3. The maximum atomic E-state index is 5.87. The second-order valence-corrected chi connectivity index (χ2v) is 5.71. The lowest BCUT2D eigenvalue weighted by Gasteiger charge is -2.16. The number of nitrogens with two attached hydrogens (primary N) is 1. The van der Waals surface area contributed by atoms with Crippen LogP contribution in [0.3, 0.4) is 0 Å². The summed E-state index contributed by atoms with van der Waals surface area (Å²) in [6.07, 6.45) is 0. The van der Waals surface area contributed by atoms with Crippen LogP contribution in [0.15, 0.2) is 16.8 Å². The lowest BCUT2D eigenvalue weighted by molar-refractivity contribution is 0.523. The highest BCUT2D eigenvalue weighted by Gasteiger charge is 2.22. The molecular formula is C9H15ClN4S. The number of hydrogen-bond acceptors (Lipinski definition) is 4. The zero-order valence-electron chi connectivity index (χ0n) is 9.12. The van der Waals surface area contributed by atoms with E-state index in [0.29, 0.717) is 15.9 Å². The molecular weight excluding hydrogens is 232 g/mol.